The molecule has 23 heavy (non-hydrogen) atoms. The SMILES string of the molecule is Cc1cc([N+](=O)[O-])ccc1N=Cc1ccn(-c2ccccc2)c1. The van der Waals surface area contributed by atoms with E-state index in [9.17, 15) is 10.1 Å². The standard InChI is InChI=1S/C18H15N3O2/c1-14-11-17(21(22)23)7-8-18(14)19-12-15-9-10-20(13-15)16-5-3-2-4-6-16/h2-13H,1H3. The lowest BCUT2D eigenvalue weighted by atomic mass is 10.2. The molecule has 0 aliphatic carbocycles. The van der Waals surface area contributed by atoms with Gasteiger partial charge in [0.15, 0.2) is 0 Å². The van der Waals surface area contributed by atoms with Crippen LogP contribution in [0.25, 0.3) is 5.69 Å². The predicted octanol–water partition coefficient (Wildman–Crippen LogP) is 4.44. The van der Waals surface area contributed by atoms with Gasteiger partial charge >= 0.3 is 0 Å². The second kappa shape index (κ2) is 6.27. The first-order chi connectivity index (χ1) is 11.1. The van der Waals surface area contributed by atoms with Gasteiger partial charge in [-0.15, -0.1) is 0 Å². The lowest BCUT2D eigenvalue weighted by Gasteiger charge is -2.00. The maximum absolute atomic E-state index is 10.7. The van der Waals surface area contributed by atoms with E-state index in [0.717, 1.165) is 22.5 Å². The van der Waals surface area contributed by atoms with Crippen LogP contribution in [0, 0.1) is 17.0 Å². The molecule has 1 aromatic heterocycles. The molecule has 0 aliphatic rings. The molecule has 0 bridgehead atoms. The summed E-state index contributed by atoms with van der Waals surface area (Å²) in [5, 5.41) is 10.7. The molecule has 0 amide bonds. The topological polar surface area (TPSA) is 60.4 Å². The number of aromatic nitrogens is 1. The second-order valence-electron chi connectivity index (χ2n) is 5.17. The lowest BCUT2D eigenvalue weighted by Crippen LogP contribution is -1.89. The van der Waals surface area contributed by atoms with Gasteiger partial charge < -0.3 is 4.57 Å². The monoisotopic (exact) mass is 305 g/mol. The number of nitro groups is 1. The van der Waals surface area contributed by atoms with Crippen LogP contribution in [0.1, 0.15) is 11.1 Å². The van der Waals surface area contributed by atoms with E-state index in [4.69, 9.17) is 0 Å². The van der Waals surface area contributed by atoms with Gasteiger partial charge in [0.25, 0.3) is 5.69 Å². The molecule has 0 unspecified atom stereocenters. The summed E-state index contributed by atoms with van der Waals surface area (Å²) in [5.41, 5.74) is 3.63. The number of hydrogen-bond acceptors (Lipinski definition) is 3. The number of hydrogen-bond donors (Lipinski definition) is 0. The maximum Gasteiger partial charge on any atom is 0.269 e. The van der Waals surface area contributed by atoms with E-state index in [-0.39, 0.29) is 5.69 Å². The molecule has 0 fully saturated rings. The second-order valence-corrected chi connectivity index (χ2v) is 5.17. The van der Waals surface area contributed by atoms with Crippen LogP contribution in [0.4, 0.5) is 11.4 Å². The van der Waals surface area contributed by atoms with E-state index in [0.29, 0.717) is 0 Å². The molecule has 0 aliphatic heterocycles. The largest absolute Gasteiger partial charge is 0.323 e. The van der Waals surface area contributed by atoms with Crippen molar-refractivity contribution in [2.45, 2.75) is 6.92 Å². The van der Waals surface area contributed by atoms with Crippen molar-refractivity contribution < 1.29 is 4.92 Å². The molecule has 3 aromatic rings. The summed E-state index contributed by atoms with van der Waals surface area (Å²) < 4.78 is 2.02. The van der Waals surface area contributed by atoms with Crippen LogP contribution in [0.3, 0.4) is 0 Å². The minimum Gasteiger partial charge on any atom is -0.323 e. The van der Waals surface area contributed by atoms with Gasteiger partial charge in [0.05, 0.1) is 10.6 Å². The molecule has 0 atom stereocenters. The number of non-ortho nitro benzene ring substituents is 1. The molecule has 5 nitrogen and oxygen atoms in total. The van der Waals surface area contributed by atoms with Gasteiger partial charge in [-0.25, -0.2) is 0 Å². The van der Waals surface area contributed by atoms with Crippen molar-refractivity contribution in [3.63, 3.8) is 0 Å². The van der Waals surface area contributed by atoms with Crippen LogP contribution >= 0.6 is 0 Å². The third kappa shape index (κ3) is 3.35. The summed E-state index contributed by atoms with van der Waals surface area (Å²) in [6.07, 6.45) is 5.71. The Hall–Kier alpha value is -3.21. The Morgan fingerprint density at radius 2 is 1.91 bits per heavy atom. The molecule has 0 saturated carbocycles. The van der Waals surface area contributed by atoms with Crippen molar-refractivity contribution in [3.8, 4) is 5.69 Å². The smallest absolute Gasteiger partial charge is 0.269 e. The number of aliphatic imine (C=N–C) groups is 1. The summed E-state index contributed by atoms with van der Waals surface area (Å²) in [4.78, 5) is 14.8. The van der Waals surface area contributed by atoms with Crippen LogP contribution in [-0.4, -0.2) is 15.7 Å². The number of aryl methyl sites for hydroxylation is 1. The van der Waals surface area contributed by atoms with E-state index >= 15 is 0 Å². The number of nitrogens with zero attached hydrogens (tertiary/aromatic N) is 3. The third-order valence-corrected chi connectivity index (χ3v) is 3.51. The minimum absolute atomic E-state index is 0.0803. The average Bonchev–Trinajstić information content (AvgIpc) is 3.03. The van der Waals surface area contributed by atoms with E-state index < -0.39 is 4.92 Å². The molecule has 2 aromatic carbocycles. The Balaban J connectivity index is 1.81. The lowest BCUT2D eigenvalue weighted by molar-refractivity contribution is -0.384. The minimum atomic E-state index is -0.402. The van der Waals surface area contributed by atoms with Crippen molar-refractivity contribution in [2.24, 2.45) is 4.99 Å². The van der Waals surface area contributed by atoms with Gasteiger partial charge in [-0.05, 0) is 36.8 Å². The number of rotatable bonds is 4. The van der Waals surface area contributed by atoms with Gasteiger partial charge in [0.2, 0.25) is 0 Å². The molecule has 114 valence electrons. The van der Waals surface area contributed by atoms with E-state index in [1.54, 1.807) is 12.3 Å². The van der Waals surface area contributed by atoms with Crippen molar-refractivity contribution in [1.82, 2.24) is 4.57 Å². The Morgan fingerprint density at radius 3 is 2.61 bits per heavy atom. The number of para-hydroxylation sites is 1. The molecule has 1 heterocycles. The average molecular weight is 305 g/mol. The first-order valence-corrected chi connectivity index (χ1v) is 7.16. The fraction of sp³-hybridized carbons (Fsp3) is 0.0556. The highest BCUT2D eigenvalue weighted by Gasteiger charge is 2.07. The highest BCUT2D eigenvalue weighted by atomic mass is 16.6. The van der Waals surface area contributed by atoms with Gasteiger partial charge in [-0.1, -0.05) is 18.2 Å². The summed E-state index contributed by atoms with van der Waals surface area (Å²) in [6, 6.07) is 16.6. The molecule has 0 spiro atoms. The molecule has 0 radical (unpaired) electrons. The molecular formula is C18H15N3O2. The van der Waals surface area contributed by atoms with Crippen LogP contribution in [0.5, 0.6) is 0 Å². The fourth-order valence-corrected chi connectivity index (χ4v) is 2.29. The van der Waals surface area contributed by atoms with Gasteiger partial charge in [-0.2, -0.15) is 0 Å². The zero-order valence-corrected chi connectivity index (χ0v) is 12.6. The van der Waals surface area contributed by atoms with Gasteiger partial charge in [0.1, 0.15) is 0 Å². The Kier molecular flexibility index (Phi) is 4.01. The number of benzene rings is 2. The van der Waals surface area contributed by atoms with Crippen molar-refractivity contribution in [3.05, 3.63) is 88.2 Å². The summed E-state index contributed by atoms with van der Waals surface area (Å²) >= 11 is 0. The zero-order valence-electron chi connectivity index (χ0n) is 12.6. The Bertz CT molecular complexity index is 867. The van der Waals surface area contributed by atoms with Gasteiger partial charge in [-0.3, -0.25) is 15.1 Å². The highest BCUT2D eigenvalue weighted by molar-refractivity contribution is 5.82. The van der Waals surface area contributed by atoms with Gasteiger partial charge in [0, 0.05) is 42.0 Å². The normalized spacial score (nSPS) is 11.0. The van der Waals surface area contributed by atoms with E-state index in [2.05, 4.69) is 4.99 Å². The summed E-state index contributed by atoms with van der Waals surface area (Å²) in [6.45, 7) is 1.81. The van der Waals surface area contributed by atoms with Crippen LogP contribution in [0.15, 0.2) is 72.0 Å². The molecule has 0 saturated heterocycles. The number of nitro benzene ring substituents is 1. The molecule has 0 N–H and O–H groups in total. The first kappa shape index (κ1) is 14.7. The van der Waals surface area contributed by atoms with Crippen molar-refractivity contribution in [2.75, 3.05) is 0 Å². The van der Waals surface area contributed by atoms with Crippen molar-refractivity contribution >= 4 is 17.6 Å². The quantitative estimate of drug-likeness (QED) is 0.406. The van der Waals surface area contributed by atoms with Crippen LogP contribution < -0.4 is 0 Å². The Labute approximate surface area is 133 Å². The fourth-order valence-electron chi connectivity index (χ4n) is 2.29. The van der Waals surface area contributed by atoms with E-state index in [1.807, 2.05) is 60.3 Å². The molecular weight excluding hydrogens is 290 g/mol. The third-order valence-electron chi connectivity index (χ3n) is 3.51. The van der Waals surface area contributed by atoms with E-state index in [1.165, 1.54) is 12.1 Å². The predicted molar refractivity (Wildman–Crippen MR) is 90.9 cm³/mol. The van der Waals surface area contributed by atoms with Crippen LogP contribution in [0.2, 0.25) is 0 Å². The highest BCUT2D eigenvalue weighted by Crippen LogP contribution is 2.23. The van der Waals surface area contributed by atoms with Crippen molar-refractivity contribution in [1.29, 1.82) is 0 Å². The first-order valence-electron chi connectivity index (χ1n) is 7.16. The maximum atomic E-state index is 10.7. The van der Waals surface area contributed by atoms with Crippen LogP contribution in [-0.2, 0) is 0 Å². The summed E-state index contributed by atoms with van der Waals surface area (Å²) in [5.74, 6) is 0. The Morgan fingerprint density at radius 1 is 1.13 bits per heavy atom. The summed E-state index contributed by atoms with van der Waals surface area (Å²) in [7, 11) is 0. The zero-order chi connectivity index (χ0) is 16.2. The molecule has 3 rings (SSSR count). The molecule has 5 heteroatoms.